The van der Waals surface area contributed by atoms with Crippen LogP contribution in [0.2, 0.25) is 0 Å². The standard InChI is InChI=1S/C23H18F3N3O4S/c1-30-17-7-8-27-16(20(17)31-11-13-5-3-2-4-6-13)12-34-22-28-14-9-18-19(10-15(14)29-22)33-23(25,26)21(24)32-18/h2-10,21H,11-12H2,1H3,(H,28,29). The summed E-state index contributed by atoms with van der Waals surface area (Å²) in [6.45, 7) is 0.344. The molecule has 0 radical (unpaired) electrons. The van der Waals surface area contributed by atoms with Gasteiger partial charge in [0.05, 0.1) is 23.8 Å². The number of hydrogen-bond acceptors (Lipinski definition) is 7. The zero-order valence-corrected chi connectivity index (χ0v) is 18.6. The van der Waals surface area contributed by atoms with Crippen molar-refractivity contribution in [1.82, 2.24) is 15.0 Å². The summed E-state index contributed by atoms with van der Waals surface area (Å²) in [5.74, 6) is 1.05. The van der Waals surface area contributed by atoms with Gasteiger partial charge in [0.15, 0.2) is 28.2 Å². The van der Waals surface area contributed by atoms with Crippen LogP contribution in [-0.4, -0.2) is 34.5 Å². The number of aromatic amines is 1. The molecule has 0 saturated carbocycles. The summed E-state index contributed by atoms with van der Waals surface area (Å²) in [5.41, 5.74) is 2.50. The van der Waals surface area contributed by atoms with Gasteiger partial charge >= 0.3 is 12.5 Å². The average Bonchev–Trinajstić information content (AvgIpc) is 3.23. The Morgan fingerprint density at radius 3 is 2.76 bits per heavy atom. The fourth-order valence-electron chi connectivity index (χ4n) is 3.36. The van der Waals surface area contributed by atoms with Crippen LogP contribution >= 0.6 is 11.8 Å². The summed E-state index contributed by atoms with van der Waals surface area (Å²) in [7, 11) is 1.55. The molecule has 0 aliphatic carbocycles. The van der Waals surface area contributed by atoms with E-state index in [1.165, 1.54) is 23.9 Å². The molecule has 0 saturated heterocycles. The van der Waals surface area contributed by atoms with Gasteiger partial charge in [-0.3, -0.25) is 4.98 Å². The van der Waals surface area contributed by atoms with Crippen molar-refractivity contribution in [3.05, 3.63) is 66.0 Å². The van der Waals surface area contributed by atoms with Gasteiger partial charge in [0.25, 0.3) is 0 Å². The van der Waals surface area contributed by atoms with E-state index in [-0.39, 0.29) is 11.5 Å². The molecular weight excluding hydrogens is 471 g/mol. The number of alkyl halides is 3. The van der Waals surface area contributed by atoms with Crippen molar-refractivity contribution in [2.75, 3.05) is 7.11 Å². The Balaban J connectivity index is 1.35. The predicted octanol–water partition coefficient (Wildman–Crippen LogP) is 5.50. The normalized spacial score (nSPS) is 16.4. The molecule has 1 aliphatic heterocycles. The number of pyridine rings is 1. The molecule has 1 aliphatic rings. The van der Waals surface area contributed by atoms with Gasteiger partial charge in [-0.15, -0.1) is 0 Å². The van der Waals surface area contributed by atoms with Crippen LogP contribution in [0.15, 0.2) is 59.9 Å². The molecule has 11 heteroatoms. The molecule has 3 heterocycles. The van der Waals surface area contributed by atoms with E-state index in [1.54, 1.807) is 19.4 Å². The topological polar surface area (TPSA) is 78.5 Å². The highest BCUT2D eigenvalue weighted by Gasteiger charge is 2.49. The number of thioether (sulfide) groups is 1. The van der Waals surface area contributed by atoms with Gasteiger partial charge in [0.1, 0.15) is 6.61 Å². The summed E-state index contributed by atoms with van der Waals surface area (Å²) in [5, 5.41) is 0.500. The van der Waals surface area contributed by atoms with Crippen LogP contribution in [0.3, 0.4) is 0 Å². The number of fused-ring (bicyclic) bond motifs is 2. The summed E-state index contributed by atoms with van der Waals surface area (Å²) < 4.78 is 61.0. The molecule has 7 nitrogen and oxygen atoms in total. The van der Waals surface area contributed by atoms with E-state index in [0.717, 1.165) is 5.56 Å². The molecule has 0 spiro atoms. The number of ether oxygens (including phenoxy) is 4. The lowest BCUT2D eigenvalue weighted by atomic mass is 10.2. The van der Waals surface area contributed by atoms with Crippen LogP contribution in [0.25, 0.3) is 11.0 Å². The van der Waals surface area contributed by atoms with E-state index in [0.29, 0.717) is 45.7 Å². The number of nitrogens with one attached hydrogen (secondary N) is 1. The second-order valence-electron chi connectivity index (χ2n) is 7.31. The van der Waals surface area contributed by atoms with Crippen LogP contribution in [0.5, 0.6) is 23.0 Å². The van der Waals surface area contributed by atoms with Crippen LogP contribution < -0.4 is 18.9 Å². The Morgan fingerprint density at radius 1 is 1.15 bits per heavy atom. The van der Waals surface area contributed by atoms with Crippen LogP contribution in [0.4, 0.5) is 13.2 Å². The molecule has 1 unspecified atom stereocenters. The minimum absolute atomic E-state index is 0.128. The highest BCUT2D eigenvalue weighted by molar-refractivity contribution is 7.98. The number of H-pyrrole nitrogens is 1. The zero-order chi connectivity index (χ0) is 23.7. The number of rotatable bonds is 7. The number of aromatic nitrogens is 3. The first-order valence-electron chi connectivity index (χ1n) is 10.2. The third kappa shape index (κ3) is 4.43. The highest BCUT2D eigenvalue weighted by Crippen LogP contribution is 2.43. The Morgan fingerprint density at radius 2 is 1.97 bits per heavy atom. The lowest BCUT2D eigenvalue weighted by molar-refractivity contribution is -0.281. The first-order valence-corrected chi connectivity index (χ1v) is 11.1. The van der Waals surface area contributed by atoms with Crippen molar-refractivity contribution in [2.45, 2.75) is 30.0 Å². The van der Waals surface area contributed by atoms with Gasteiger partial charge in [-0.2, -0.15) is 13.2 Å². The fourth-order valence-corrected chi connectivity index (χ4v) is 4.19. The predicted molar refractivity (Wildman–Crippen MR) is 118 cm³/mol. The third-order valence-electron chi connectivity index (χ3n) is 5.00. The smallest absolute Gasteiger partial charge is 0.468 e. The largest absolute Gasteiger partial charge is 0.493 e. The summed E-state index contributed by atoms with van der Waals surface area (Å²) in [6.07, 6.45) is -5.33. The highest BCUT2D eigenvalue weighted by atomic mass is 32.2. The minimum Gasteiger partial charge on any atom is -0.493 e. The quantitative estimate of drug-likeness (QED) is 0.344. The number of imidazole rings is 1. The van der Waals surface area contributed by atoms with Crippen molar-refractivity contribution in [1.29, 1.82) is 0 Å². The maximum Gasteiger partial charge on any atom is 0.468 e. The first-order chi connectivity index (χ1) is 16.4. The Bertz CT molecular complexity index is 1320. The SMILES string of the molecule is COc1ccnc(CSc2nc3cc4c(cc3[nH]2)OC(F)C(F)(F)O4)c1OCc1ccccc1. The van der Waals surface area contributed by atoms with Crippen LogP contribution in [0, 0.1) is 0 Å². The van der Waals surface area contributed by atoms with Crippen LogP contribution in [-0.2, 0) is 12.4 Å². The second kappa shape index (κ2) is 8.98. The minimum atomic E-state index is -4.07. The second-order valence-corrected chi connectivity index (χ2v) is 8.27. The lowest BCUT2D eigenvalue weighted by Gasteiger charge is -2.28. The molecule has 0 fully saturated rings. The molecule has 5 rings (SSSR count). The van der Waals surface area contributed by atoms with E-state index in [2.05, 4.69) is 24.4 Å². The van der Waals surface area contributed by atoms with E-state index >= 15 is 0 Å². The Hall–Kier alpha value is -3.60. The van der Waals surface area contributed by atoms with E-state index in [9.17, 15) is 13.2 Å². The van der Waals surface area contributed by atoms with E-state index < -0.39 is 12.5 Å². The van der Waals surface area contributed by atoms with E-state index in [4.69, 9.17) is 9.47 Å². The molecule has 176 valence electrons. The Labute approximate surface area is 196 Å². The molecule has 34 heavy (non-hydrogen) atoms. The molecule has 0 amide bonds. The van der Waals surface area contributed by atoms with Gasteiger partial charge in [-0.05, 0) is 5.56 Å². The first kappa shape index (κ1) is 22.2. The van der Waals surface area contributed by atoms with Gasteiger partial charge in [0, 0.05) is 30.1 Å². The molecule has 2 aromatic carbocycles. The monoisotopic (exact) mass is 489 g/mol. The summed E-state index contributed by atoms with van der Waals surface area (Å²) in [4.78, 5) is 11.9. The zero-order valence-electron chi connectivity index (χ0n) is 17.8. The van der Waals surface area contributed by atoms with Crippen molar-refractivity contribution < 1.29 is 32.1 Å². The molecule has 2 aromatic heterocycles. The third-order valence-corrected chi connectivity index (χ3v) is 5.88. The van der Waals surface area contributed by atoms with Gasteiger partial charge in [-0.1, -0.05) is 42.1 Å². The molecule has 0 bridgehead atoms. The van der Waals surface area contributed by atoms with Gasteiger partial charge in [-0.25, -0.2) is 4.98 Å². The molecule has 4 aromatic rings. The van der Waals surface area contributed by atoms with E-state index in [1.807, 2.05) is 30.3 Å². The Kier molecular flexibility index (Phi) is 5.86. The molecule has 1 N–H and O–H groups in total. The van der Waals surface area contributed by atoms with Gasteiger partial charge in [0.2, 0.25) is 0 Å². The van der Waals surface area contributed by atoms with Crippen molar-refractivity contribution in [2.24, 2.45) is 0 Å². The fraction of sp³-hybridized carbons (Fsp3) is 0.217. The van der Waals surface area contributed by atoms with Crippen molar-refractivity contribution >= 4 is 22.8 Å². The maximum atomic E-state index is 13.5. The maximum absolute atomic E-state index is 13.5. The number of nitrogens with zero attached hydrogens (tertiary/aromatic N) is 2. The number of halogens is 3. The molecular formula is C23H18F3N3O4S. The van der Waals surface area contributed by atoms with Crippen LogP contribution in [0.1, 0.15) is 11.3 Å². The average molecular weight is 489 g/mol. The lowest BCUT2D eigenvalue weighted by Crippen LogP contribution is -2.43. The van der Waals surface area contributed by atoms with Crippen molar-refractivity contribution in [3.63, 3.8) is 0 Å². The number of methoxy groups -OCH3 is 1. The molecule has 1 atom stereocenters. The number of hydrogen-bond donors (Lipinski definition) is 1. The van der Waals surface area contributed by atoms with Gasteiger partial charge < -0.3 is 23.9 Å². The van der Waals surface area contributed by atoms with Crippen molar-refractivity contribution in [3.8, 4) is 23.0 Å². The summed E-state index contributed by atoms with van der Waals surface area (Å²) >= 11 is 1.33. The number of benzene rings is 2. The summed E-state index contributed by atoms with van der Waals surface area (Å²) in [6, 6.07) is 14.1.